The Bertz CT molecular complexity index is 1300. The summed E-state index contributed by atoms with van der Waals surface area (Å²) in [5.74, 6) is 0. The van der Waals surface area contributed by atoms with E-state index in [1.165, 1.54) is 28.6 Å². The van der Waals surface area contributed by atoms with Crippen molar-refractivity contribution in [1.82, 2.24) is 4.31 Å². The van der Waals surface area contributed by atoms with E-state index in [1.807, 2.05) is 31.2 Å². The van der Waals surface area contributed by atoms with Crippen molar-refractivity contribution in [2.24, 2.45) is 0 Å². The molecular weight excluding hydrogens is 454 g/mol. The lowest BCUT2D eigenvalue weighted by atomic mass is 10.0. The summed E-state index contributed by atoms with van der Waals surface area (Å²) in [7, 11) is -7.42. The predicted molar refractivity (Wildman–Crippen MR) is 122 cm³/mol. The number of sulfonamides is 1. The van der Waals surface area contributed by atoms with Gasteiger partial charge in [0.2, 0.25) is 10.0 Å². The van der Waals surface area contributed by atoms with E-state index in [0.717, 1.165) is 16.7 Å². The first-order chi connectivity index (χ1) is 14.7. The van der Waals surface area contributed by atoms with Gasteiger partial charge >= 0.3 is 0 Å². The molecule has 1 heterocycles. The lowest BCUT2D eigenvalue weighted by Crippen LogP contribution is -2.32. The van der Waals surface area contributed by atoms with Gasteiger partial charge in [0.25, 0.3) is 0 Å². The Morgan fingerprint density at radius 1 is 0.839 bits per heavy atom. The summed E-state index contributed by atoms with van der Waals surface area (Å²) in [5, 5.41) is -0.335. The number of hydrogen-bond donors (Lipinski definition) is 0. The molecule has 1 fully saturated rings. The van der Waals surface area contributed by atoms with Gasteiger partial charge in [0, 0.05) is 18.1 Å². The molecule has 8 heteroatoms. The Morgan fingerprint density at radius 2 is 1.48 bits per heavy atom. The molecule has 4 rings (SSSR count). The van der Waals surface area contributed by atoms with Crippen LogP contribution in [0, 0.1) is 6.92 Å². The van der Waals surface area contributed by atoms with Crippen molar-refractivity contribution in [1.29, 1.82) is 0 Å². The van der Waals surface area contributed by atoms with Crippen LogP contribution in [0.15, 0.2) is 82.6 Å². The Morgan fingerprint density at radius 3 is 2.13 bits per heavy atom. The predicted octanol–water partition coefficient (Wildman–Crippen LogP) is 4.55. The summed E-state index contributed by atoms with van der Waals surface area (Å²) in [6.45, 7) is 2.11. The molecule has 1 aliphatic heterocycles. The molecular formula is C23H22ClNO4S2. The van der Waals surface area contributed by atoms with Gasteiger partial charge in [-0.3, -0.25) is 0 Å². The van der Waals surface area contributed by atoms with Crippen molar-refractivity contribution in [3.05, 3.63) is 83.4 Å². The Kier molecular flexibility index (Phi) is 5.96. The molecule has 1 atom stereocenters. The van der Waals surface area contributed by atoms with Gasteiger partial charge in [-0.25, -0.2) is 16.8 Å². The molecule has 1 saturated heterocycles. The van der Waals surface area contributed by atoms with Crippen molar-refractivity contribution < 1.29 is 16.8 Å². The first-order valence-electron chi connectivity index (χ1n) is 9.85. The molecule has 0 N–H and O–H groups in total. The molecule has 0 bridgehead atoms. The normalized spacial score (nSPS) is 17.7. The zero-order valence-corrected chi connectivity index (χ0v) is 19.3. The van der Waals surface area contributed by atoms with Crippen LogP contribution in [0.4, 0.5) is 0 Å². The molecule has 0 aromatic heterocycles. The summed E-state index contributed by atoms with van der Waals surface area (Å²) < 4.78 is 53.3. The summed E-state index contributed by atoms with van der Waals surface area (Å²) in [4.78, 5) is 0.317. The second kappa shape index (κ2) is 8.39. The molecule has 0 radical (unpaired) electrons. The second-order valence-electron chi connectivity index (χ2n) is 7.67. The third kappa shape index (κ3) is 4.41. The SMILES string of the molecule is Cc1cccc(-c2ccc(S(=O)(=O)N3CCC(S(=O)(=O)c4ccc(Cl)cc4)C3)cc2)c1. The molecule has 31 heavy (non-hydrogen) atoms. The Balaban J connectivity index is 1.54. The minimum atomic E-state index is -3.78. The van der Waals surface area contributed by atoms with E-state index >= 15 is 0 Å². The van der Waals surface area contributed by atoms with E-state index in [9.17, 15) is 16.8 Å². The topological polar surface area (TPSA) is 71.5 Å². The molecule has 162 valence electrons. The van der Waals surface area contributed by atoms with Crippen molar-refractivity contribution in [2.45, 2.75) is 28.4 Å². The molecule has 0 spiro atoms. The van der Waals surface area contributed by atoms with Gasteiger partial charge in [-0.1, -0.05) is 53.6 Å². The van der Waals surface area contributed by atoms with Gasteiger partial charge in [-0.15, -0.1) is 0 Å². The van der Waals surface area contributed by atoms with Gasteiger partial charge < -0.3 is 0 Å². The van der Waals surface area contributed by atoms with Gasteiger partial charge in [0.05, 0.1) is 15.0 Å². The molecule has 3 aromatic rings. The highest BCUT2D eigenvalue weighted by Gasteiger charge is 2.39. The number of nitrogens with zero attached hydrogens (tertiary/aromatic N) is 1. The highest BCUT2D eigenvalue weighted by molar-refractivity contribution is 7.92. The standard InChI is InChI=1S/C23H22ClNO4S2/c1-17-3-2-4-19(15-17)18-5-9-22(10-6-18)31(28,29)25-14-13-23(16-25)30(26,27)21-11-7-20(24)8-12-21/h2-12,15,23H,13-14,16H2,1H3. The maximum Gasteiger partial charge on any atom is 0.243 e. The molecule has 0 amide bonds. The van der Waals surface area contributed by atoms with E-state index in [1.54, 1.807) is 24.3 Å². The van der Waals surface area contributed by atoms with E-state index in [4.69, 9.17) is 11.6 Å². The molecule has 1 unspecified atom stereocenters. The zero-order valence-electron chi connectivity index (χ0n) is 16.9. The third-order valence-electron chi connectivity index (χ3n) is 5.53. The minimum Gasteiger partial charge on any atom is -0.223 e. The van der Waals surface area contributed by atoms with Crippen LogP contribution in [0.2, 0.25) is 5.02 Å². The van der Waals surface area contributed by atoms with Gasteiger partial charge in [0.1, 0.15) is 0 Å². The highest BCUT2D eigenvalue weighted by atomic mass is 35.5. The number of rotatable bonds is 5. The largest absolute Gasteiger partial charge is 0.243 e. The fraction of sp³-hybridized carbons (Fsp3) is 0.217. The van der Waals surface area contributed by atoms with Crippen molar-refractivity contribution in [3.8, 4) is 11.1 Å². The van der Waals surface area contributed by atoms with Crippen LogP contribution in [0.1, 0.15) is 12.0 Å². The molecule has 0 saturated carbocycles. The lowest BCUT2D eigenvalue weighted by Gasteiger charge is -2.17. The highest BCUT2D eigenvalue weighted by Crippen LogP contribution is 2.30. The summed E-state index contributed by atoms with van der Waals surface area (Å²) >= 11 is 5.85. The third-order valence-corrected chi connectivity index (χ3v) is 9.86. The Hall–Kier alpha value is -2.19. The van der Waals surface area contributed by atoms with Crippen molar-refractivity contribution in [3.63, 3.8) is 0 Å². The number of sulfone groups is 1. The van der Waals surface area contributed by atoms with Crippen LogP contribution in [0.5, 0.6) is 0 Å². The van der Waals surface area contributed by atoms with Crippen LogP contribution >= 0.6 is 11.6 Å². The van der Waals surface area contributed by atoms with Crippen molar-refractivity contribution in [2.75, 3.05) is 13.1 Å². The Labute approximate surface area is 188 Å². The van der Waals surface area contributed by atoms with Crippen LogP contribution in [0.3, 0.4) is 0 Å². The van der Waals surface area contributed by atoms with E-state index in [-0.39, 0.29) is 29.3 Å². The molecule has 3 aromatic carbocycles. The fourth-order valence-electron chi connectivity index (χ4n) is 3.78. The molecule has 5 nitrogen and oxygen atoms in total. The quantitative estimate of drug-likeness (QED) is 0.542. The summed E-state index contributed by atoms with van der Waals surface area (Å²) in [6, 6.07) is 20.6. The molecule has 0 aliphatic carbocycles. The van der Waals surface area contributed by atoms with E-state index in [0.29, 0.717) is 5.02 Å². The van der Waals surface area contributed by atoms with Gasteiger partial charge in [-0.2, -0.15) is 4.31 Å². The van der Waals surface area contributed by atoms with E-state index < -0.39 is 25.1 Å². The number of aryl methyl sites for hydroxylation is 1. The zero-order chi connectivity index (χ0) is 22.2. The summed E-state index contributed by atoms with van der Waals surface area (Å²) in [5.41, 5.74) is 3.06. The summed E-state index contributed by atoms with van der Waals surface area (Å²) in [6.07, 6.45) is 0.256. The number of halogens is 1. The smallest absolute Gasteiger partial charge is 0.223 e. The first kappa shape index (κ1) is 22.0. The second-order valence-corrected chi connectivity index (χ2v) is 12.3. The maximum atomic E-state index is 13.1. The average Bonchev–Trinajstić information content (AvgIpc) is 3.26. The van der Waals surface area contributed by atoms with Gasteiger partial charge in [0.15, 0.2) is 9.84 Å². The van der Waals surface area contributed by atoms with Crippen LogP contribution in [0.25, 0.3) is 11.1 Å². The minimum absolute atomic E-state index is 0.0626. The van der Waals surface area contributed by atoms with Gasteiger partial charge in [-0.05, 0) is 60.9 Å². The number of hydrogen-bond acceptors (Lipinski definition) is 4. The van der Waals surface area contributed by atoms with Crippen LogP contribution < -0.4 is 0 Å². The maximum absolute atomic E-state index is 13.1. The van der Waals surface area contributed by atoms with Crippen LogP contribution in [-0.2, 0) is 19.9 Å². The monoisotopic (exact) mass is 475 g/mol. The average molecular weight is 476 g/mol. The van der Waals surface area contributed by atoms with Crippen molar-refractivity contribution >= 4 is 31.5 Å². The first-order valence-corrected chi connectivity index (χ1v) is 13.2. The molecule has 1 aliphatic rings. The number of benzene rings is 3. The van der Waals surface area contributed by atoms with Crippen LogP contribution in [-0.4, -0.2) is 39.5 Å². The fourth-order valence-corrected chi connectivity index (χ4v) is 7.19. The van der Waals surface area contributed by atoms with E-state index in [2.05, 4.69) is 0 Å². The lowest BCUT2D eigenvalue weighted by molar-refractivity contribution is 0.476.